The number of benzene rings is 1. The molecule has 1 unspecified atom stereocenters. The van der Waals surface area contributed by atoms with Crippen LogP contribution in [0.25, 0.3) is 10.2 Å². The van der Waals surface area contributed by atoms with Crippen molar-refractivity contribution in [1.29, 1.82) is 0 Å². The van der Waals surface area contributed by atoms with Crippen LogP contribution in [0.2, 0.25) is 0 Å². The van der Waals surface area contributed by atoms with Crippen LogP contribution in [0, 0.1) is 0 Å². The lowest BCUT2D eigenvalue weighted by Crippen LogP contribution is -2.49. The van der Waals surface area contributed by atoms with Crippen molar-refractivity contribution >= 4 is 38.5 Å². The molecule has 1 fully saturated rings. The summed E-state index contributed by atoms with van der Waals surface area (Å²) in [6.07, 6.45) is -3.52. The van der Waals surface area contributed by atoms with Gasteiger partial charge in [0.25, 0.3) is 0 Å². The number of anilines is 1. The molecule has 2 heterocycles. The molecule has 0 saturated carbocycles. The maximum Gasteiger partial charge on any atom is 0.573 e. The average molecular weight is 444 g/mol. The van der Waals surface area contributed by atoms with E-state index in [0.29, 0.717) is 23.2 Å². The Morgan fingerprint density at radius 1 is 1.30 bits per heavy atom. The first-order valence-corrected chi connectivity index (χ1v) is 10.2. The number of halogens is 3. The summed E-state index contributed by atoms with van der Waals surface area (Å²) in [5.41, 5.74) is 0.224. The molecule has 30 heavy (non-hydrogen) atoms. The highest BCUT2D eigenvalue weighted by molar-refractivity contribution is 7.22. The molecule has 0 bridgehead atoms. The Labute approximate surface area is 175 Å². The van der Waals surface area contributed by atoms with Crippen molar-refractivity contribution in [3.63, 3.8) is 0 Å². The Morgan fingerprint density at radius 2 is 2.03 bits per heavy atom. The third kappa shape index (κ3) is 5.82. The van der Waals surface area contributed by atoms with Crippen molar-refractivity contribution in [2.45, 2.75) is 51.6 Å². The summed E-state index contributed by atoms with van der Waals surface area (Å²) in [6, 6.07) is 3.18. The topological polar surface area (TPSA) is 83.6 Å². The fraction of sp³-hybridized carbons (Fsp3) is 0.526. The van der Waals surface area contributed by atoms with Gasteiger partial charge in [0.2, 0.25) is 11.8 Å². The van der Waals surface area contributed by atoms with Crippen molar-refractivity contribution < 1.29 is 27.5 Å². The smallest absolute Gasteiger partial charge is 0.406 e. The molecule has 1 aromatic carbocycles. The molecule has 2 aromatic rings. The van der Waals surface area contributed by atoms with E-state index in [-0.39, 0.29) is 34.8 Å². The molecule has 7 nitrogen and oxygen atoms in total. The molecule has 0 radical (unpaired) electrons. The number of carbonyl (C=O) groups is 2. The molecule has 1 aromatic heterocycles. The van der Waals surface area contributed by atoms with E-state index in [2.05, 4.69) is 20.4 Å². The highest BCUT2D eigenvalue weighted by atomic mass is 32.1. The first-order chi connectivity index (χ1) is 13.9. The number of fused-ring (bicyclic) bond motifs is 1. The Kier molecular flexibility index (Phi) is 6.23. The molecule has 0 aliphatic carbocycles. The number of rotatable bonds is 5. The molecule has 1 atom stereocenters. The summed E-state index contributed by atoms with van der Waals surface area (Å²) in [6.45, 7) is 6.49. The first kappa shape index (κ1) is 22.3. The Bertz CT molecular complexity index is 939. The molecule has 11 heteroatoms. The van der Waals surface area contributed by atoms with E-state index >= 15 is 0 Å². The lowest BCUT2D eigenvalue weighted by atomic mass is 10.1. The van der Waals surface area contributed by atoms with Gasteiger partial charge < -0.3 is 20.3 Å². The fourth-order valence-electron chi connectivity index (χ4n) is 3.12. The van der Waals surface area contributed by atoms with Crippen LogP contribution in [0.15, 0.2) is 18.2 Å². The number of amides is 2. The minimum atomic E-state index is -4.78. The molecule has 164 valence electrons. The number of alkyl halides is 3. The number of aromatic nitrogens is 1. The minimum Gasteiger partial charge on any atom is -0.406 e. The second kappa shape index (κ2) is 8.38. The maximum atomic E-state index is 12.7. The number of thiazole rings is 1. The summed E-state index contributed by atoms with van der Waals surface area (Å²) >= 11 is 1.04. The molecule has 2 amide bonds. The summed E-state index contributed by atoms with van der Waals surface area (Å²) in [7, 11) is 0. The molecule has 1 aliphatic heterocycles. The number of carbonyl (C=O) groups excluding carboxylic acids is 2. The standard InChI is InChI=1S/C19H23F3N4O3S/c1-18(2,3)23-10-15(27)26-8-4-5-13(26)16(28)25-17-24-12-7-6-11(9-14(12)30-17)29-19(20,21)22/h6-7,9,13,23H,4-5,8,10H2,1-3H3,(H,24,25,28). The predicted octanol–water partition coefficient (Wildman–Crippen LogP) is 3.51. The first-order valence-electron chi connectivity index (χ1n) is 9.43. The Hall–Kier alpha value is -2.40. The Morgan fingerprint density at radius 3 is 2.70 bits per heavy atom. The van der Waals surface area contributed by atoms with Crippen LogP contribution in [0.5, 0.6) is 5.75 Å². The zero-order valence-electron chi connectivity index (χ0n) is 16.8. The number of nitrogens with one attached hydrogen (secondary N) is 2. The van der Waals surface area contributed by atoms with E-state index in [9.17, 15) is 22.8 Å². The zero-order valence-corrected chi connectivity index (χ0v) is 17.6. The van der Waals surface area contributed by atoms with E-state index < -0.39 is 12.4 Å². The van der Waals surface area contributed by atoms with Crippen molar-refractivity contribution in [3.8, 4) is 5.75 Å². The normalized spacial score (nSPS) is 17.4. The monoisotopic (exact) mass is 444 g/mol. The third-order valence-corrected chi connectivity index (χ3v) is 5.40. The van der Waals surface area contributed by atoms with Gasteiger partial charge in [-0.15, -0.1) is 13.2 Å². The molecule has 3 rings (SSSR count). The summed E-state index contributed by atoms with van der Waals surface area (Å²) in [5.74, 6) is -0.862. The molecule has 1 saturated heterocycles. The van der Waals surface area contributed by atoms with Gasteiger partial charge in [-0.3, -0.25) is 9.59 Å². The van der Waals surface area contributed by atoms with Crippen LogP contribution in [0.3, 0.4) is 0 Å². The SMILES string of the molecule is CC(C)(C)NCC(=O)N1CCCC1C(=O)Nc1nc2ccc(OC(F)(F)F)cc2s1. The molecule has 1 aliphatic rings. The maximum absolute atomic E-state index is 12.7. The van der Waals surface area contributed by atoms with E-state index in [1.807, 2.05) is 20.8 Å². The highest BCUT2D eigenvalue weighted by Crippen LogP contribution is 2.32. The second-order valence-electron chi connectivity index (χ2n) is 8.03. The van der Waals surface area contributed by atoms with Gasteiger partial charge in [-0.2, -0.15) is 0 Å². The molecular formula is C19H23F3N4O3S. The van der Waals surface area contributed by atoms with Gasteiger partial charge in [0.05, 0.1) is 16.8 Å². The van der Waals surface area contributed by atoms with Crippen LogP contribution in [-0.2, 0) is 9.59 Å². The number of likely N-dealkylation sites (tertiary alicyclic amines) is 1. The number of hydrogen-bond acceptors (Lipinski definition) is 6. The molecule has 0 spiro atoms. The summed E-state index contributed by atoms with van der Waals surface area (Å²) in [5, 5.41) is 6.07. The fourth-order valence-corrected chi connectivity index (χ4v) is 4.02. The van der Waals surface area contributed by atoms with E-state index in [0.717, 1.165) is 17.8 Å². The number of hydrogen-bond donors (Lipinski definition) is 2. The average Bonchev–Trinajstić information content (AvgIpc) is 3.23. The van der Waals surface area contributed by atoms with Gasteiger partial charge >= 0.3 is 6.36 Å². The van der Waals surface area contributed by atoms with Gasteiger partial charge in [0.1, 0.15) is 11.8 Å². The minimum absolute atomic E-state index is 0.135. The van der Waals surface area contributed by atoms with Gasteiger partial charge in [-0.05, 0) is 45.7 Å². The van der Waals surface area contributed by atoms with Gasteiger partial charge in [0.15, 0.2) is 5.13 Å². The van der Waals surface area contributed by atoms with E-state index in [1.165, 1.54) is 18.2 Å². The van der Waals surface area contributed by atoms with E-state index in [1.54, 1.807) is 4.90 Å². The van der Waals surface area contributed by atoms with Crippen molar-refractivity contribution in [2.24, 2.45) is 0 Å². The lowest BCUT2D eigenvalue weighted by Gasteiger charge is -2.26. The van der Waals surface area contributed by atoms with Crippen LogP contribution in [0.1, 0.15) is 33.6 Å². The molecular weight excluding hydrogens is 421 g/mol. The van der Waals surface area contributed by atoms with Gasteiger partial charge in [-0.25, -0.2) is 4.98 Å². The van der Waals surface area contributed by atoms with Crippen molar-refractivity contribution in [3.05, 3.63) is 18.2 Å². The lowest BCUT2D eigenvalue weighted by molar-refractivity contribution is -0.274. The summed E-state index contributed by atoms with van der Waals surface area (Å²) in [4.78, 5) is 31.0. The predicted molar refractivity (Wildman–Crippen MR) is 107 cm³/mol. The van der Waals surface area contributed by atoms with Gasteiger partial charge in [-0.1, -0.05) is 11.3 Å². The number of nitrogens with zero attached hydrogens (tertiary/aromatic N) is 2. The highest BCUT2D eigenvalue weighted by Gasteiger charge is 2.35. The van der Waals surface area contributed by atoms with Crippen molar-refractivity contribution in [1.82, 2.24) is 15.2 Å². The number of ether oxygens (including phenoxy) is 1. The third-order valence-electron chi connectivity index (χ3n) is 4.47. The van der Waals surface area contributed by atoms with Gasteiger partial charge in [0, 0.05) is 18.2 Å². The zero-order chi connectivity index (χ0) is 22.1. The quantitative estimate of drug-likeness (QED) is 0.738. The van der Waals surface area contributed by atoms with Crippen LogP contribution in [-0.4, -0.2) is 52.7 Å². The van der Waals surface area contributed by atoms with Crippen molar-refractivity contribution in [2.75, 3.05) is 18.4 Å². The van der Waals surface area contributed by atoms with Crippen LogP contribution in [0.4, 0.5) is 18.3 Å². The second-order valence-corrected chi connectivity index (χ2v) is 9.06. The van der Waals surface area contributed by atoms with Crippen LogP contribution >= 0.6 is 11.3 Å². The largest absolute Gasteiger partial charge is 0.573 e. The summed E-state index contributed by atoms with van der Waals surface area (Å²) < 4.78 is 41.5. The molecule has 2 N–H and O–H groups in total. The van der Waals surface area contributed by atoms with Crippen LogP contribution < -0.4 is 15.4 Å². The van der Waals surface area contributed by atoms with E-state index in [4.69, 9.17) is 0 Å². The Balaban J connectivity index is 1.67.